The SMILES string of the molecule is CNC(=O)CCCNc1nc(Cl)nc(Cl)n1.CNC(=O)NCCNc1nc(Cl)nc(Cl)n1.COS(=N)(=O)CCCNc1nc(Cl)nc(Cl)n1.COS(=O)NCCNc1nc(Cl)nc(Cl)n1.COS(=O)NCCNc1nc(Cl)nc(Cl)n1. The average molecular weight is 1400 g/mol. The maximum Gasteiger partial charge on any atom is 0.314 e. The molecule has 5 aromatic rings. The van der Waals surface area contributed by atoms with Crippen LogP contribution in [0.3, 0.4) is 0 Å². The quantitative estimate of drug-likeness (QED) is 0.0331. The fourth-order valence-corrected chi connectivity index (χ4v) is 7.60. The number of aromatic nitrogens is 15. The third-order valence-corrected chi connectivity index (χ3v) is 12.2. The first-order valence-corrected chi connectivity index (χ1v) is 29.4. The van der Waals surface area contributed by atoms with Gasteiger partial charge in [0.1, 0.15) is 0 Å². The minimum Gasteiger partial charge on any atom is -0.359 e. The summed E-state index contributed by atoms with van der Waals surface area (Å²) in [4.78, 5) is 77.6. The predicted octanol–water partition coefficient (Wildman–Crippen LogP) is 4.03. The van der Waals surface area contributed by atoms with E-state index in [1.54, 1.807) is 7.05 Å². The highest BCUT2D eigenvalue weighted by Gasteiger charge is 2.08. The van der Waals surface area contributed by atoms with Gasteiger partial charge in [0, 0.05) is 72.9 Å². The van der Waals surface area contributed by atoms with Gasteiger partial charge in [0.2, 0.25) is 111 Å². The summed E-state index contributed by atoms with van der Waals surface area (Å²) in [5, 5.41) is 21.9. The fraction of sp³-hybridized carbons (Fsp3) is 0.500. The molecule has 3 unspecified atom stereocenters. The van der Waals surface area contributed by atoms with Crippen LogP contribution in [0.2, 0.25) is 52.8 Å². The zero-order valence-corrected chi connectivity index (χ0v) is 52.5. The Morgan fingerprint density at radius 3 is 1.00 bits per heavy atom. The smallest absolute Gasteiger partial charge is 0.314 e. The largest absolute Gasteiger partial charge is 0.359 e. The molecule has 0 radical (unpaired) electrons. The second-order valence-electron chi connectivity index (χ2n) is 13.3. The molecular formula is C34H50Cl10N26O8S3. The minimum atomic E-state index is -2.94. The van der Waals surface area contributed by atoms with Crippen molar-refractivity contribution >= 4 is 190 Å². The third-order valence-electron chi connectivity index (χ3n) is 7.67. The number of hydrogen-bond donors (Lipinski definition) is 11. The standard InChI is InChI=1S/C8H11Cl2N5O.C7H10Cl2N6O.C7H11Cl2N5O2S.2C6H9Cl2N5O2S/c1-11-5(16)3-2-4-12-8-14-6(9)13-7(10)15-8;1-10-7(16)12-3-2-11-6-14-4(8)13-5(9)15-6;1-16-17(10,15)4-2-3-11-7-13-5(8)12-6(9)14-7;2*1-15-16(14)10-3-2-9-6-12-4(7)11-5(8)13-6/h2-4H2,1H3,(H,11,16)(H,12,13,14,15);2-3H2,1H3,(H2,10,12,16)(H,11,13,14,15);10H,2-4H2,1H3,(H,11,12,13,14);2*10H,2-3H2,1H3,(H,9,11,12,13). The summed E-state index contributed by atoms with van der Waals surface area (Å²) in [5.41, 5.74) is 0. The molecule has 5 aromatic heterocycles. The molecule has 0 bridgehead atoms. The molecule has 11 N–H and O–H groups in total. The molecule has 0 aliphatic carbocycles. The molecule has 0 aliphatic heterocycles. The van der Waals surface area contributed by atoms with Crippen LogP contribution in [0.25, 0.3) is 0 Å². The van der Waals surface area contributed by atoms with E-state index in [-0.39, 0.29) is 94.3 Å². The molecule has 0 fully saturated rings. The lowest BCUT2D eigenvalue weighted by Crippen LogP contribution is -2.35. The zero-order valence-electron chi connectivity index (χ0n) is 42.5. The van der Waals surface area contributed by atoms with Crippen molar-refractivity contribution in [1.29, 1.82) is 4.78 Å². The number of carbonyl (C=O) groups excluding carboxylic acids is 2. The minimum absolute atomic E-state index is 0.00585. The first-order chi connectivity index (χ1) is 38.4. The topological polar surface area (TPSA) is 451 Å². The molecule has 3 atom stereocenters. The van der Waals surface area contributed by atoms with Crippen LogP contribution in [0.15, 0.2) is 0 Å². The summed E-state index contributed by atoms with van der Waals surface area (Å²) in [6, 6.07) is -0.256. The third kappa shape index (κ3) is 39.0. The van der Waals surface area contributed by atoms with Crippen molar-refractivity contribution in [3.63, 3.8) is 0 Å². The normalized spacial score (nSPS) is 11.8. The van der Waals surface area contributed by atoms with Gasteiger partial charge in [-0.3, -0.25) is 17.3 Å². The van der Waals surface area contributed by atoms with Gasteiger partial charge >= 0.3 is 6.03 Å². The molecule has 452 valence electrons. The van der Waals surface area contributed by atoms with Gasteiger partial charge in [-0.05, 0) is 129 Å². The first kappa shape index (κ1) is 74.8. The Hall–Kier alpha value is -4.26. The van der Waals surface area contributed by atoms with Crippen molar-refractivity contribution in [2.45, 2.75) is 19.3 Å². The van der Waals surface area contributed by atoms with Gasteiger partial charge in [0.25, 0.3) is 0 Å². The van der Waals surface area contributed by atoms with Gasteiger partial charge in [-0.2, -0.15) is 74.8 Å². The van der Waals surface area contributed by atoms with Crippen molar-refractivity contribution in [3.8, 4) is 0 Å². The number of nitrogens with zero attached hydrogens (tertiary/aromatic N) is 15. The molecule has 0 spiro atoms. The van der Waals surface area contributed by atoms with Gasteiger partial charge in [0.05, 0.1) is 27.1 Å². The Kier molecular flexibility index (Phi) is 40.0. The predicted molar refractivity (Wildman–Crippen MR) is 311 cm³/mol. The van der Waals surface area contributed by atoms with Crippen molar-refractivity contribution in [3.05, 3.63) is 52.8 Å². The van der Waals surface area contributed by atoms with Crippen LogP contribution < -0.4 is 52.0 Å². The molecule has 0 aliphatic rings. The van der Waals surface area contributed by atoms with Crippen molar-refractivity contribution in [2.75, 3.05) is 120 Å². The highest BCUT2D eigenvalue weighted by Crippen LogP contribution is 2.13. The Labute approximate surface area is 518 Å². The lowest BCUT2D eigenvalue weighted by atomic mass is 10.3. The molecule has 34 nitrogen and oxygen atoms in total. The van der Waals surface area contributed by atoms with E-state index in [0.29, 0.717) is 77.6 Å². The zero-order chi connectivity index (χ0) is 60.8. The lowest BCUT2D eigenvalue weighted by molar-refractivity contribution is -0.120. The second kappa shape index (κ2) is 43.4. The molecule has 81 heavy (non-hydrogen) atoms. The number of nitrogens with one attached hydrogen (secondary N) is 11. The van der Waals surface area contributed by atoms with Gasteiger partial charge in [-0.15, -0.1) is 0 Å². The number of urea groups is 1. The van der Waals surface area contributed by atoms with E-state index in [9.17, 15) is 22.2 Å². The number of amides is 3. The molecule has 47 heteroatoms. The number of hydrogen-bond acceptors (Lipinski definition) is 29. The molecular weight excluding hydrogens is 1350 g/mol. The molecule has 0 aromatic carbocycles. The van der Waals surface area contributed by atoms with Crippen LogP contribution in [-0.4, -0.2) is 193 Å². The maximum absolute atomic E-state index is 11.2. The van der Waals surface area contributed by atoms with E-state index in [4.69, 9.17) is 121 Å². The number of rotatable bonds is 27. The molecule has 0 saturated carbocycles. The van der Waals surface area contributed by atoms with Gasteiger partial charge < -0.3 is 42.5 Å². The van der Waals surface area contributed by atoms with E-state index in [1.807, 2.05) is 0 Å². The monoisotopic (exact) mass is 1400 g/mol. The van der Waals surface area contributed by atoms with Crippen molar-refractivity contribution < 1.29 is 34.8 Å². The summed E-state index contributed by atoms with van der Waals surface area (Å²) in [5.74, 6) is 1.45. The van der Waals surface area contributed by atoms with Crippen LogP contribution in [0, 0.1) is 4.78 Å². The van der Waals surface area contributed by atoms with Gasteiger partial charge in [0.15, 0.2) is 10.0 Å². The van der Waals surface area contributed by atoms with Crippen LogP contribution in [0.4, 0.5) is 34.5 Å². The van der Waals surface area contributed by atoms with Crippen LogP contribution in [-0.2, 0) is 49.9 Å². The highest BCUT2D eigenvalue weighted by molar-refractivity contribution is 7.87. The summed E-state index contributed by atoms with van der Waals surface area (Å²) in [6.07, 6.45) is 1.58. The molecule has 5 heterocycles. The Balaban J connectivity index is 0.000000506. The Morgan fingerprint density at radius 2 is 0.728 bits per heavy atom. The number of carbonyl (C=O) groups is 2. The van der Waals surface area contributed by atoms with E-state index >= 15 is 0 Å². The van der Waals surface area contributed by atoms with Gasteiger partial charge in [-0.1, -0.05) is 0 Å². The summed E-state index contributed by atoms with van der Waals surface area (Å²) in [6.45, 7) is 3.53. The van der Waals surface area contributed by atoms with E-state index in [1.165, 1.54) is 28.4 Å². The van der Waals surface area contributed by atoms with Crippen molar-refractivity contribution in [1.82, 2.24) is 100 Å². The summed E-state index contributed by atoms with van der Waals surface area (Å²) in [7, 11) is 4.11. The van der Waals surface area contributed by atoms with E-state index < -0.39 is 32.5 Å². The highest BCUT2D eigenvalue weighted by atomic mass is 35.5. The van der Waals surface area contributed by atoms with Crippen molar-refractivity contribution in [2.24, 2.45) is 0 Å². The van der Waals surface area contributed by atoms with Gasteiger partial charge in [-0.25, -0.2) is 31.6 Å². The maximum atomic E-state index is 11.2. The average Bonchev–Trinajstić information content (AvgIpc) is 3.39. The Bertz CT molecular complexity index is 2470. The molecule has 0 saturated heterocycles. The molecule has 3 amide bonds. The lowest BCUT2D eigenvalue weighted by Gasteiger charge is -2.06. The summed E-state index contributed by atoms with van der Waals surface area (Å²) >= 11 is 52.7. The number of anilines is 5. The van der Waals surface area contributed by atoms with Crippen LogP contribution >= 0.6 is 116 Å². The Morgan fingerprint density at radius 1 is 0.444 bits per heavy atom. The van der Waals surface area contributed by atoms with Crippen LogP contribution in [0.1, 0.15) is 19.3 Å². The fourth-order valence-electron chi connectivity index (χ4n) is 4.32. The summed E-state index contributed by atoms with van der Waals surface area (Å²) < 4.78 is 58.7. The first-order valence-electron chi connectivity index (χ1n) is 21.8. The van der Waals surface area contributed by atoms with E-state index in [2.05, 4.69) is 139 Å². The molecule has 5 rings (SSSR count). The second-order valence-corrected chi connectivity index (χ2v) is 20.9. The number of halogens is 10. The van der Waals surface area contributed by atoms with E-state index in [0.717, 1.165) is 0 Å². The van der Waals surface area contributed by atoms with Crippen LogP contribution in [0.5, 0.6) is 0 Å².